The Morgan fingerprint density at radius 2 is 1.95 bits per heavy atom. The van der Waals surface area contributed by atoms with Crippen molar-refractivity contribution < 1.29 is 14.0 Å². The number of imide groups is 1. The van der Waals surface area contributed by atoms with Gasteiger partial charge in [-0.25, -0.2) is 0 Å². The molecular formula is C16H14N2O3. The molecule has 1 aliphatic rings. The zero-order chi connectivity index (χ0) is 15.4. The lowest BCUT2D eigenvalue weighted by atomic mass is 9.88. The lowest BCUT2D eigenvalue weighted by Gasteiger charge is -2.34. The lowest BCUT2D eigenvalue weighted by Crippen LogP contribution is -2.52. The Hall–Kier alpha value is -2.61. The van der Waals surface area contributed by atoms with E-state index >= 15 is 0 Å². The fraction of sp³-hybridized carbons (Fsp3) is 0.312. The van der Waals surface area contributed by atoms with Crippen LogP contribution in [0.25, 0.3) is 11.0 Å². The molecule has 0 aliphatic carbocycles. The van der Waals surface area contributed by atoms with Crippen LogP contribution in [-0.4, -0.2) is 22.3 Å². The molecule has 1 aromatic heterocycles. The number of hydrogen-bond acceptors (Lipinski definition) is 4. The normalized spacial score (nSPS) is 17.2. The van der Waals surface area contributed by atoms with Crippen molar-refractivity contribution in [3.05, 3.63) is 35.6 Å². The van der Waals surface area contributed by atoms with E-state index in [9.17, 15) is 14.9 Å². The molecule has 0 bridgehead atoms. The Labute approximate surface area is 121 Å². The van der Waals surface area contributed by atoms with E-state index in [1.807, 2.05) is 13.8 Å². The smallest absolute Gasteiger partial charge is 0.266 e. The van der Waals surface area contributed by atoms with Crippen LogP contribution in [0.5, 0.6) is 0 Å². The Bertz CT molecular complexity index is 813. The maximum absolute atomic E-state index is 12.7. The van der Waals surface area contributed by atoms with Crippen molar-refractivity contribution in [3.63, 3.8) is 0 Å². The van der Waals surface area contributed by atoms with Crippen LogP contribution in [0.4, 0.5) is 0 Å². The standard InChI is InChI=1S/C16H14N2O3/c1-9(2)16(3,8-17)18-14(19)11-5-4-10-6-7-21-13(10)12(11)15(18)20/h4-7,9H,1-3H3. The second-order valence-electron chi connectivity index (χ2n) is 5.69. The van der Waals surface area contributed by atoms with Gasteiger partial charge in [0.2, 0.25) is 0 Å². The minimum Gasteiger partial charge on any atom is -0.463 e. The molecule has 2 aromatic rings. The minimum atomic E-state index is -1.19. The van der Waals surface area contributed by atoms with Gasteiger partial charge in [-0.05, 0) is 25.0 Å². The van der Waals surface area contributed by atoms with Gasteiger partial charge in [0, 0.05) is 5.39 Å². The van der Waals surface area contributed by atoms with Gasteiger partial charge in [0.05, 0.1) is 23.5 Å². The topological polar surface area (TPSA) is 74.3 Å². The first kappa shape index (κ1) is 13.4. The molecule has 0 radical (unpaired) electrons. The average molecular weight is 282 g/mol. The minimum absolute atomic E-state index is 0.184. The van der Waals surface area contributed by atoms with Crippen molar-refractivity contribution >= 4 is 22.8 Å². The fourth-order valence-corrected chi connectivity index (χ4v) is 2.61. The Morgan fingerprint density at radius 1 is 1.24 bits per heavy atom. The molecule has 5 heteroatoms. The summed E-state index contributed by atoms with van der Waals surface area (Å²) in [6.45, 7) is 5.24. The first-order chi connectivity index (χ1) is 9.91. The fourth-order valence-electron chi connectivity index (χ4n) is 2.61. The Kier molecular flexibility index (Phi) is 2.67. The van der Waals surface area contributed by atoms with Crippen LogP contribution >= 0.6 is 0 Å². The van der Waals surface area contributed by atoms with Crippen molar-refractivity contribution in [3.8, 4) is 6.07 Å². The molecule has 1 atom stereocenters. The van der Waals surface area contributed by atoms with E-state index in [1.165, 1.54) is 6.26 Å². The van der Waals surface area contributed by atoms with Gasteiger partial charge in [0.15, 0.2) is 0 Å². The number of carbonyl (C=O) groups excluding carboxylic acids is 2. The molecule has 0 N–H and O–H groups in total. The molecule has 106 valence electrons. The first-order valence-electron chi connectivity index (χ1n) is 6.72. The van der Waals surface area contributed by atoms with Crippen molar-refractivity contribution in [1.29, 1.82) is 5.26 Å². The summed E-state index contributed by atoms with van der Waals surface area (Å²) in [5, 5.41) is 10.2. The molecule has 0 spiro atoms. The number of nitriles is 1. The van der Waals surface area contributed by atoms with Gasteiger partial charge in [-0.3, -0.25) is 14.5 Å². The average Bonchev–Trinajstić information content (AvgIpc) is 3.01. The van der Waals surface area contributed by atoms with Gasteiger partial charge in [0.1, 0.15) is 11.1 Å². The quantitative estimate of drug-likeness (QED) is 0.794. The van der Waals surface area contributed by atoms with Crippen LogP contribution in [0.3, 0.4) is 0 Å². The highest BCUT2D eigenvalue weighted by atomic mass is 16.3. The van der Waals surface area contributed by atoms with E-state index in [4.69, 9.17) is 4.42 Å². The summed E-state index contributed by atoms with van der Waals surface area (Å²) in [5.74, 6) is -1.09. The zero-order valence-corrected chi connectivity index (χ0v) is 12.0. The third kappa shape index (κ3) is 1.56. The second kappa shape index (κ2) is 4.19. The maximum Gasteiger partial charge on any atom is 0.266 e. The summed E-state index contributed by atoms with van der Waals surface area (Å²) in [6, 6.07) is 7.21. The molecule has 5 nitrogen and oxygen atoms in total. The summed E-state index contributed by atoms with van der Waals surface area (Å²) < 4.78 is 5.35. The van der Waals surface area contributed by atoms with E-state index in [-0.39, 0.29) is 11.5 Å². The van der Waals surface area contributed by atoms with E-state index in [1.54, 1.807) is 25.1 Å². The third-order valence-electron chi connectivity index (χ3n) is 4.29. The zero-order valence-electron chi connectivity index (χ0n) is 12.0. The maximum atomic E-state index is 12.7. The first-order valence-corrected chi connectivity index (χ1v) is 6.72. The van der Waals surface area contributed by atoms with Gasteiger partial charge in [-0.15, -0.1) is 0 Å². The summed E-state index contributed by atoms with van der Waals surface area (Å²) in [7, 11) is 0. The molecular weight excluding hydrogens is 268 g/mol. The molecule has 21 heavy (non-hydrogen) atoms. The Morgan fingerprint density at radius 3 is 2.57 bits per heavy atom. The van der Waals surface area contributed by atoms with Gasteiger partial charge in [0.25, 0.3) is 11.8 Å². The third-order valence-corrected chi connectivity index (χ3v) is 4.29. The number of carbonyl (C=O) groups is 2. The lowest BCUT2D eigenvalue weighted by molar-refractivity contribution is 0.0466. The van der Waals surface area contributed by atoms with Crippen LogP contribution in [0, 0.1) is 17.2 Å². The van der Waals surface area contributed by atoms with E-state index in [0.29, 0.717) is 11.1 Å². The predicted molar refractivity (Wildman–Crippen MR) is 75.6 cm³/mol. The molecule has 1 unspecified atom stereocenters. The summed E-state index contributed by atoms with van der Waals surface area (Å²) in [4.78, 5) is 26.4. The summed E-state index contributed by atoms with van der Waals surface area (Å²) in [6.07, 6.45) is 1.48. The summed E-state index contributed by atoms with van der Waals surface area (Å²) >= 11 is 0. The summed E-state index contributed by atoms with van der Waals surface area (Å²) in [5.41, 5.74) is -0.238. The van der Waals surface area contributed by atoms with Crippen molar-refractivity contribution in [2.75, 3.05) is 0 Å². The second-order valence-corrected chi connectivity index (χ2v) is 5.69. The van der Waals surface area contributed by atoms with Crippen LogP contribution in [0.1, 0.15) is 41.5 Å². The van der Waals surface area contributed by atoms with Crippen molar-refractivity contribution in [1.82, 2.24) is 4.90 Å². The number of benzene rings is 1. The number of nitrogens with zero attached hydrogens (tertiary/aromatic N) is 2. The number of rotatable bonds is 2. The van der Waals surface area contributed by atoms with Gasteiger partial charge < -0.3 is 4.42 Å². The highest BCUT2D eigenvalue weighted by Crippen LogP contribution is 2.37. The number of fused-ring (bicyclic) bond motifs is 3. The Balaban J connectivity index is 2.24. The molecule has 1 aromatic carbocycles. The predicted octanol–water partition coefficient (Wildman–Crippen LogP) is 2.97. The van der Waals surface area contributed by atoms with Crippen LogP contribution < -0.4 is 0 Å². The van der Waals surface area contributed by atoms with E-state index in [2.05, 4.69) is 6.07 Å². The van der Waals surface area contributed by atoms with Crippen molar-refractivity contribution in [2.45, 2.75) is 26.3 Å². The largest absolute Gasteiger partial charge is 0.463 e. The monoisotopic (exact) mass is 282 g/mol. The molecule has 2 amide bonds. The molecule has 0 saturated heterocycles. The number of hydrogen-bond donors (Lipinski definition) is 0. The van der Waals surface area contributed by atoms with Gasteiger partial charge in [-0.2, -0.15) is 5.26 Å². The number of furan rings is 1. The van der Waals surface area contributed by atoms with Crippen LogP contribution in [0.15, 0.2) is 28.9 Å². The number of amides is 2. The van der Waals surface area contributed by atoms with E-state index in [0.717, 1.165) is 10.3 Å². The highest BCUT2D eigenvalue weighted by molar-refractivity contribution is 6.26. The van der Waals surface area contributed by atoms with Crippen molar-refractivity contribution in [2.24, 2.45) is 5.92 Å². The SMILES string of the molecule is CC(C)C(C)(C#N)N1C(=O)c2ccc3ccoc3c2C1=O. The van der Waals surface area contributed by atoms with E-state index < -0.39 is 17.4 Å². The molecule has 0 saturated carbocycles. The van der Waals surface area contributed by atoms with Crippen LogP contribution in [0.2, 0.25) is 0 Å². The molecule has 1 aliphatic heterocycles. The molecule has 3 rings (SSSR count). The van der Waals surface area contributed by atoms with Crippen LogP contribution in [-0.2, 0) is 0 Å². The highest BCUT2D eigenvalue weighted by Gasteiger charge is 2.49. The van der Waals surface area contributed by atoms with Gasteiger partial charge in [-0.1, -0.05) is 19.9 Å². The van der Waals surface area contributed by atoms with Gasteiger partial charge >= 0.3 is 0 Å². The molecule has 0 fully saturated rings. The molecule has 2 heterocycles.